The van der Waals surface area contributed by atoms with Crippen molar-refractivity contribution in [1.29, 1.82) is 0 Å². The van der Waals surface area contributed by atoms with E-state index in [0.29, 0.717) is 12.5 Å². The van der Waals surface area contributed by atoms with Crippen LogP contribution in [0.1, 0.15) is 91.9 Å². The molecule has 0 aromatic rings. The highest BCUT2D eigenvalue weighted by Crippen LogP contribution is 2.34. The van der Waals surface area contributed by atoms with Crippen molar-refractivity contribution < 1.29 is 49.3 Å². The molecule has 4 unspecified atom stereocenters. The highest BCUT2D eigenvalue weighted by Gasteiger charge is 2.50. The number of aliphatic hydroxyl groups is 5. The standard InChI is InChI=1S/C31H58N2O10/c1-5-18-10-8-11-20(7-3)29(39)33-15-9-12-19(6-2)21(14-13-18)41-31-28(23(32)24(35)17(4)40-31)43-30-27(38)26(37)25(36)22(16-34)42-30/h17-28,30-31,34-38H,5-16,32H2,1-4H3,(H,33,39)/t17-,18?,19?,20?,21?,22+,23+,24-,25+,26-,27+,28+,30+,31-/m1/s1. The van der Waals surface area contributed by atoms with Crippen LogP contribution in [0.5, 0.6) is 0 Å². The molecule has 3 aliphatic heterocycles. The van der Waals surface area contributed by atoms with Gasteiger partial charge in [0.15, 0.2) is 12.6 Å². The van der Waals surface area contributed by atoms with Gasteiger partial charge in [0, 0.05) is 12.5 Å². The third kappa shape index (κ3) is 9.54. The van der Waals surface area contributed by atoms with E-state index in [1.807, 2.05) is 0 Å². The molecule has 0 radical (unpaired) electrons. The molecular weight excluding hydrogens is 560 g/mol. The first-order valence-electron chi connectivity index (χ1n) is 16.5. The lowest BCUT2D eigenvalue weighted by Gasteiger charge is -2.47. The number of carbonyl (C=O) groups excluding carboxylic acids is 1. The summed E-state index contributed by atoms with van der Waals surface area (Å²) in [6, 6.07) is -0.968. The third-order valence-corrected chi connectivity index (χ3v) is 9.89. The van der Waals surface area contributed by atoms with Gasteiger partial charge in [0.25, 0.3) is 0 Å². The number of aliphatic hydroxyl groups excluding tert-OH is 5. The molecule has 0 aliphatic carbocycles. The molecule has 1 amide bonds. The van der Waals surface area contributed by atoms with E-state index in [1.54, 1.807) is 6.92 Å². The van der Waals surface area contributed by atoms with Crippen molar-refractivity contribution in [2.45, 2.75) is 159 Å². The molecule has 252 valence electrons. The van der Waals surface area contributed by atoms with Crippen LogP contribution >= 0.6 is 0 Å². The van der Waals surface area contributed by atoms with Crippen LogP contribution in [0.4, 0.5) is 0 Å². The lowest BCUT2D eigenvalue weighted by molar-refractivity contribution is -0.357. The summed E-state index contributed by atoms with van der Waals surface area (Å²) in [5.74, 6) is 0.848. The van der Waals surface area contributed by atoms with Crippen LogP contribution in [0, 0.1) is 17.8 Å². The predicted octanol–water partition coefficient (Wildman–Crippen LogP) is 0.929. The van der Waals surface area contributed by atoms with Crippen LogP contribution in [-0.4, -0.2) is 112 Å². The third-order valence-electron chi connectivity index (χ3n) is 9.89. The molecule has 12 nitrogen and oxygen atoms in total. The van der Waals surface area contributed by atoms with Gasteiger partial charge in [0.2, 0.25) is 5.91 Å². The highest BCUT2D eigenvalue weighted by atomic mass is 16.8. The van der Waals surface area contributed by atoms with Gasteiger partial charge in [-0.05, 0) is 57.3 Å². The Morgan fingerprint density at radius 1 is 0.837 bits per heavy atom. The maximum absolute atomic E-state index is 12.8. The molecule has 0 saturated carbocycles. The van der Waals surface area contributed by atoms with Crippen LogP contribution < -0.4 is 11.1 Å². The van der Waals surface area contributed by atoms with Crippen LogP contribution in [0.25, 0.3) is 0 Å². The molecule has 0 spiro atoms. The molecule has 14 atom stereocenters. The van der Waals surface area contributed by atoms with Gasteiger partial charge in [-0.3, -0.25) is 4.79 Å². The van der Waals surface area contributed by atoms with Gasteiger partial charge in [0.05, 0.1) is 31.0 Å². The topological polar surface area (TPSA) is 193 Å². The van der Waals surface area contributed by atoms with Crippen LogP contribution in [0.3, 0.4) is 0 Å². The van der Waals surface area contributed by atoms with E-state index in [-0.39, 0.29) is 23.8 Å². The molecule has 3 heterocycles. The van der Waals surface area contributed by atoms with Gasteiger partial charge in [-0.25, -0.2) is 0 Å². The zero-order chi connectivity index (χ0) is 31.7. The number of hydrogen-bond acceptors (Lipinski definition) is 11. The summed E-state index contributed by atoms with van der Waals surface area (Å²) in [4.78, 5) is 12.8. The number of ether oxygens (including phenoxy) is 4. The summed E-state index contributed by atoms with van der Waals surface area (Å²) < 4.78 is 24.5. The van der Waals surface area contributed by atoms with Crippen molar-refractivity contribution in [2.75, 3.05) is 13.2 Å². The maximum atomic E-state index is 12.8. The molecule has 3 saturated heterocycles. The SMILES string of the molecule is CCC1CCCC(CC)C(=O)NCCCC(CC)C(O[C@H]2O[C@H](C)[C@@H](O)[C@H](N)[C@@H]2O[C@@H]2O[C@@H](CO)[C@H](O)[C@@H](O)[C@@H]2O)CC1. The minimum Gasteiger partial charge on any atom is -0.394 e. The van der Waals surface area contributed by atoms with E-state index < -0.39 is 68.0 Å². The number of amides is 1. The normalized spacial score (nSPS) is 44.4. The zero-order valence-corrected chi connectivity index (χ0v) is 26.4. The Balaban J connectivity index is 1.81. The van der Waals surface area contributed by atoms with Gasteiger partial charge < -0.3 is 55.5 Å². The van der Waals surface area contributed by atoms with Crippen LogP contribution in [0.15, 0.2) is 0 Å². The van der Waals surface area contributed by atoms with Gasteiger partial charge in [-0.15, -0.1) is 0 Å². The number of carbonyl (C=O) groups is 1. The van der Waals surface area contributed by atoms with Crippen molar-refractivity contribution in [3.05, 3.63) is 0 Å². The van der Waals surface area contributed by atoms with Crippen molar-refractivity contribution in [3.63, 3.8) is 0 Å². The summed E-state index contributed by atoms with van der Waals surface area (Å²) in [7, 11) is 0. The Morgan fingerprint density at radius 3 is 2.23 bits per heavy atom. The number of nitrogens with two attached hydrogens (primary N) is 1. The largest absolute Gasteiger partial charge is 0.394 e. The number of rotatable bonds is 8. The molecule has 0 bridgehead atoms. The molecule has 8 N–H and O–H groups in total. The molecule has 0 aromatic carbocycles. The quantitative estimate of drug-likeness (QED) is 0.205. The van der Waals surface area contributed by atoms with E-state index in [4.69, 9.17) is 24.7 Å². The van der Waals surface area contributed by atoms with Gasteiger partial charge >= 0.3 is 0 Å². The summed E-state index contributed by atoms with van der Waals surface area (Å²) in [5.41, 5.74) is 6.44. The molecule has 3 rings (SSSR count). The lowest BCUT2D eigenvalue weighted by atomic mass is 9.85. The Bertz CT molecular complexity index is 821. The van der Waals surface area contributed by atoms with E-state index in [9.17, 15) is 30.3 Å². The average Bonchev–Trinajstić information content (AvgIpc) is 3.00. The second kappa shape index (κ2) is 17.7. The van der Waals surface area contributed by atoms with Crippen LogP contribution in [-0.2, 0) is 23.7 Å². The highest BCUT2D eigenvalue weighted by molar-refractivity contribution is 5.78. The number of hydrogen-bond donors (Lipinski definition) is 7. The molecular formula is C31H58N2O10. The van der Waals surface area contributed by atoms with Gasteiger partial charge in [-0.1, -0.05) is 46.5 Å². The first-order valence-corrected chi connectivity index (χ1v) is 16.5. The van der Waals surface area contributed by atoms with Crippen molar-refractivity contribution >= 4 is 5.91 Å². The fourth-order valence-electron chi connectivity index (χ4n) is 6.74. The van der Waals surface area contributed by atoms with E-state index >= 15 is 0 Å². The summed E-state index contributed by atoms with van der Waals surface area (Å²) in [5, 5.41) is 54.6. The average molecular weight is 619 g/mol. The van der Waals surface area contributed by atoms with Crippen molar-refractivity contribution in [1.82, 2.24) is 5.32 Å². The summed E-state index contributed by atoms with van der Waals surface area (Å²) in [6.45, 7) is 8.10. The van der Waals surface area contributed by atoms with Crippen molar-refractivity contribution in [2.24, 2.45) is 23.5 Å². The minimum atomic E-state index is -1.63. The maximum Gasteiger partial charge on any atom is 0.223 e. The first kappa shape index (κ1) is 36.5. The molecule has 0 aromatic heterocycles. The lowest BCUT2D eigenvalue weighted by Crippen LogP contribution is -2.66. The second-order valence-corrected chi connectivity index (χ2v) is 12.7. The number of nitrogens with one attached hydrogen (secondary N) is 1. The summed E-state index contributed by atoms with van der Waals surface area (Å²) >= 11 is 0. The Labute approximate surface area is 256 Å². The molecule has 3 aliphatic rings. The fourth-order valence-corrected chi connectivity index (χ4v) is 6.74. The van der Waals surface area contributed by atoms with E-state index in [1.165, 1.54) is 0 Å². The zero-order valence-electron chi connectivity index (χ0n) is 26.4. The van der Waals surface area contributed by atoms with Crippen molar-refractivity contribution in [3.8, 4) is 0 Å². The molecule has 3 fully saturated rings. The van der Waals surface area contributed by atoms with E-state index in [0.717, 1.165) is 64.2 Å². The Hall–Kier alpha value is -0.930. The monoisotopic (exact) mass is 618 g/mol. The fraction of sp³-hybridized carbons (Fsp3) is 0.968. The van der Waals surface area contributed by atoms with Gasteiger partial charge in [-0.2, -0.15) is 0 Å². The van der Waals surface area contributed by atoms with Crippen LogP contribution in [0.2, 0.25) is 0 Å². The minimum absolute atomic E-state index is 0.0594. The van der Waals surface area contributed by atoms with E-state index in [2.05, 4.69) is 26.1 Å². The smallest absolute Gasteiger partial charge is 0.223 e. The summed E-state index contributed by atoms with van der Waals surface area (Å²) in [6.07, 6.45) is -2.41. The molecule has 12 heteroatoms. The first-order chi connectivity index (χ1) is 20.6. The predicted molar refractivity (Wildman–Crippen MR) is 159 cm³/mol. The Morgan fingerprint density at radius 2 is 1.58 bits per heavy atom. The molecule has 43 heavy (non-hydrogen) atoms. The van der Waals surface area contributed by atoms with Gasteiger partial charge in [0.1, 0.15) is 30.5 Å². The second-order valence-electron chi connectivity index (χ2n) is 12.7. The Kier molecular flexibility index (Phi) is 15.0.